The maximum Gasteiger partial charge on any atom is 0.271 e. The van der Waals surface area contributed by atoms with Gasteiger partial charge in [0.1, 0.15) is 0 Å². The summed E-state index contributed by atoms with van der Waals surface area (Å²) in [6.45, 7) is 3.64. The van der Waals surface area contributed by atoms with Crippen molar-refractivity contribution >= 4 is 0 Å². The molecule has 13 heavy (non-hydrogen) atoms. The van der Waals surface area contributed by atoms with Gasteiger partial charge in [0.2, 0.25) is 0 Å². The van der Waals surface area contributed by atoms with E-state index in [-0.39, 0.29) is 6.61 Å². The Morgan fingerprint density at radius 3 is 2.62 bits per heavy atom. The summed E-state index contributed by atoms with van der Waals surface area (Å²) in [6, 6.07) is 0. The van der Waals surface area contributed by atoms with Gasteiger partial charge in [-0.25, -0.2) is 0 Å². The molecule has 1 aliphatic rings. The van der Waals surface area contributed by atoms with Crippen molar-refractivity contribution in [2.75, 3.05) is 26.4 Å². The topological polar surface area (TPSA) is 47.9 Å². The van der Waals surface area contributed by atoms with E-state index in [0.717, 1.165) is 12.8 Å². The van der Waals surface area contributed by atoms with E-state index in [1.807, 2.05) is 6.92 Å². The summed E-state index contributed by atoms with van der Waals surface area (Å²) in [6.07, 6.45) is 1.70. The minimum Gasteiger partial charge on any atom is -0.396 e. The molecule has 0 unspecified atom stereocenters. The highest BCUT2D eigenvalue weighted by Crippen LogP contribution is 2.14. The van der Waals surface area contributed by atoms with Gasteiger partial charge in [-0.2, -0.15) is 0 Å². The van der Waals surface area contributed by atoms with E-state index in [2.05, 4.69) is 0 Å². The molecular formula is C9H18O4. The van der Waals surface area contributed by atoms with E-state index in [9.17, 15) is 0 Å². The van der Waals surface area contributed by atoms with Crippen LogP contribution < -0.4 is 0 Å². The average molecular weight is 190 g/mol. The van der Waals surface area contributed by atoms with E-state index in [1.54, 1.807) is 0 Å². The Morgan fingerprint density at radius 1 is 1.38 bits per heavy atom. The molecule has 0 radical (unpaired) electrons. The van der Waals surface area contributed by atoms with Crippen LogP contribution in [0.4, 0.5) is 0 Å². The summed E-state index contributed by atoms with van der Waals surface area (Å²) in [7, 11) is 0. The van der Waals surface area contributed by atoms with Gasteiger partial charge in [-0.3, -0.25) is 0 Å². The Kier molecular flexibility index (Phi) is 5.31. The van der Waals surface area contributed by atoms with Crippen molar-refractivity contribution in [1.29, 1.82) is 0 Å². The van der Waals surface area contributed by atoms with Gasteiger partial charge >= 0.3 is 0 Å². The van der Waals surface area contributed by atoms with Gasteiger partial charge in [0.05, 0.1) is 19.8 Å². The predicted molar refractivity (Wildman–Crippen MR) is 47.1 cm³/mol. The zero-order chi connectivity index (χ0) is 9.52. The van der Waals surface area contributed by atoms with E-state index >= 15 is 0 Å². The molecular weight excluding hydrogens is 172 g/mol. The number of aliphatic hydroxyl groups excluding tert-OH is 1. The normalized spacial score (nSPS) is 29.1. The Labute approximate surface area is 78.8 Å². The summed E-state index contributed by atoms with van der Waals surface area (Å²) in [5, 5.41) is 8.68. The lowest BCUT2D eigenvalue weighted by Crippen LogP contribution is -2.34. The number of hydrogen-bond acceptors (Lipinski definition) is 4. The van der Waals surface area contributed by atoms with E-state index < -0.39 is 6.48 Å². The van der Waals surface area contributed by atoms with Gasteiger partial charge in [0.15, 0.2) is 0 Å². The Bertz CT molecular complexity index is 121. The molecule has 0 aromatic heterocycles. The van der Waals surface area contributed by atoms with E-state index in [1.165, 1.54) is 0 Å². The lowest BCUT2D eigenvalue weighted by atomic mass is 10.1. The first-order valence-corrected chi connectivity index (χ1v) is 4.82. The molecule has 1 saturated heterocycles. The quantitative estimate of drug-likeness (QED) is 0.694. The number of aliphatic hydroxyl groups is 1. The van der Waals surface area contributed by atoms with Crippen molar-refractivity contribution < 1.29 is 19.3 Å². The van der Waals surface area contributed by atoms with Gasteiger partial charge < -0.3 is 19.3 Å². The minimum atomic E-state index is -0.491. The SMILES string of the molecule is CCCOC1OCC(CCO)CO1. The van der Waals surface area contributed by atoms with Crippen molar-refractivity contribution in [2.45, 2.75) is 26.2 Å². The third-order valence-electron chi connectivity index (χ3n) is 1.93. The molecule has 0 saturated carbocycles. The first-order valence-electron chi connectivity index (χ1n) is 4.82. The molecule has 0 aromatic carbocycles. The van der Waals surface area contributed by atoms with Gasteiger partial charge in [-0.05, 0) is 12.8 Å². The third-order valence-corrected chi connectivity index (χ3v) is 1.93. The van der Waals surface area contributed by atoms with Crippen LogP contribution in [0.2, 0.25) is 0 Å². The fourth-order valence-corrected chi connectivity index (χ4v) is 1.19. The second-order valence-electron chi connectivity index (χ2n) is 3.20. The van der Waals surface area contributed by atoms with Crippen LogP contribution in [0.15, 0.2) is 0 Å². The number of hydrogen-bond donors (Lipinski definition) is 1. The maximum absolute atomic E-state index is 8.68. The number of rotatable bonds is 5. The standard InChI is InChI=1S/C9H18O4/c1-2-5-11-9-12-6-8(3-4-10)7-13-9/h8-10H,2-7H2,1H3. The maximum atomic E-state index is 8.68. The molecule has 0 amide bonds. The van der Waals surface area contributed by atoms with Crippen molar-refractivity contribution in [3.05, 3.63) is 0 Å². The van der Waals surface area contributed by atoms with Crippen molar-refractivity contribution in [3.63, 3.8) is 0 Å². The third kappa shape index (κ3) is 4.04. The lowest BCUT2D eigenvalue weighted by Gasteiger charge is -2.28. The predicted octanol–water partition coefficient (Wildman–Crippen LogP) is 0.742. The van der Waals surface area contributed by atoms with Crippen LogP contribution in [-0.2, 0) is 14.2 Å². The summed E-state index contributed by atoms with van der Waals surface area (Å²) in [5.74, 6) is 0.312. The van der Waals surface area contributed by atoms with Crippen LogP contribution >= 0.6 is 0 Å². The fraction of sp³-hybridized carbons (Fsp3) is 1.00. The van der Waals surface area contributed by atoms with Crippen molar-refractivity contribution in [2.24, 2.45) is 5.92 Å². The second-order valence-corrected chi connectivity index (χ2v) is 3.20. The van der Waals surface area contributed by atoms with Gasteiger partial charge in [0.25, 0.3) is 6.48 Å². The molecule has 4 heteroatoms. The molecule has 78 valence electrons. The Morgan fingerprint density at radius 2 is 2.08 bits per heavy atom. The minimum absolute atomic E-state index is 0.192. The highest BCUT2D eigenvalue weighted by molar-refractivity contribution is 4.59. The molecule has 0 atom stereocenters. The average Bonchev–Trinajstić information content (AvgIpc) is 2.17. The lowest BCUT2D eigenvalue weighted by molar-refractivity contribution is -0.322. The first-order chi connectivity index (χ1) is 6.36. The summed E-state index contributed by atoms with van der Waals surface area (Å²) in [5.41, 5.74) is 0. The molecule has 1 N–H and O–H groups in total. The smallest absolute Gasteiger partial charge is 0.271 e. The molecule has 1 rings (SSSR count). The van der Waals surface area contributed by atoms with Crippen molar-refractivity contribution in [3.8, 4) is 0 Å². The van der Waals surface area contributed by atoms with Crippen molar-refractivity contribution in [1.82, 2.24) is 0 Å². The summed E-state index contributed by atoms with van der Waals surface area (Å²) < 4.78 is 15.8. The summed E-state index contributed by atoms with van der Waals surface area (Å²) in [4.78, 5) is 0. The van der Waals surface area contributed by atoms with E-state index in [0.29, 0.717) is 25.7 Å². The first kappa shape index (κ1) is 10.9. The number of ether oxygens (including phenoxy) is 3. The molecule has 1 heterocycles. The van der Waals surface area contributed by atoms with Crippen LogP contribution in [0.3, 0.4) is 0 Å². The largest absolute Gasteiger partial charge is 0.396 e. The fourth-order valence-electron chi connectivity index (χ4n) is 1.19. The molecule has 0 bridgehead atoms. The Balaban J connectivity index is 2.08. The van der Waals surface area contributed by atoms with Gasteiger partial charge in [0, 0.05) is 12.5 Å². The molecule has 4 nitrogen and oxygen atoms in total. The van der Waals surface area contributed by atoms with Gasteiger partial charge in [-0.15, -0.1) is 0 Å². The summed E-state index contributed by atoms with van der Waals surface area (Å²) >= 11 is 0. The molecule has 1 fully saturated rings. The van der Waals surface area contributed by atoms with E-state index in [4.69, 9.17) is 19.3 Å². The molecule has 0 aromatic rings. The van der Waals surface area contributed by atoms with Gasteiger partial charge in [-0.1, -0.05) is 6.92 Å². The van der Waals surface area contributed by atoms with Crippen LogP contribution in [0.5, 0.6) is 0 Å². The van der Waals surface area contributed by atoms with Crippen LogP contribution in [0.25, 0.3) is 0 Å². The molecule has 0 aliphatic carbocycles. The molecule has 0 spiro atoms. The zero-order valence-corrected chi connectivity index (χ0v) is 8.07. The highest BCUT2D eigenvalue weighted by Gasteiger charge is 2.21. The second kappa shape index (κ2) is 6.32. The van der Waals surface area contributed by atoms with Crippen LogP contribution in [0, 0.1) is 5.92 Å². The monoisotopic (exact) mass is 190 g/mol. The Hall–Kier alpha value is -0.160. The van der Waals surface area contributed by atoms with Crippen LogP contribution in [0.1, 0.15) is 19.8 Å². The highest BCUT2D eigenvalue weighted by atomic mass is 16.8. The molecule has 1 aliphatic heterocycles. The van der Waals surface area contributed by atoms with Crippen LogP contribution in [-0.4, -0.2) is 38.0 Å². The zero-order valence-electron chi connectivity index (χ0n) is 8.07.